The number of likely N-dealkylation sites (tertiary alicyclic amines) is 1. The molecule has 1 saturated heterocycles. The maximum Gasteiger partial charge on any atom is 0.159 e. The molecule has 104 valence electrons. The third kappa shape index (κ3) is 3.33. The van der Waals surface area contributed by atoms with E-state index in [2.05, 4.69) is 4.90 Å². The molecule has 0 amide bonds. The quantitative estimate of drug-likeness (QED) is 0.763. The number of rotatable bonds is 5. The summed E-state index contributed by atoms with van der Waals surface area (Å²) in [5, 5.41) is 0. The van der Waals surface area contributed by atoms with Crippen LogP contribution in [0.3, 0.4) is 0 Å². The first kappa shape index (κ1) is 14.0. The fourth-order valence-corrected chi connectivity index (χ4v) is 2.50. The molecule has 0 saturated carbocycles. The lowest BCUT2D eigenvalue weighted by atomic mass is 10.1. The zero-order chi connectivity index (χ0) is 13.8. The molecular weight excluding hydrogens is 242 g/mol. The Bertz CT molecular complexity index is 459. The highest BCUT2D eigenvalue weighted by Crippen LogP contribution is 2.24. The number of ketones is 1. The number of methoxy groups -OCH3 is 2. The molecule has 0 aliphatic carbocycles. The van der Waals surface area contributed by atoms with Crippen molar-refractivity contribution >= 4 is 5.78 Å². The fourth-order valence-electron chi connectivity index (χ4n) is 2.50. The van der Waals surface area contributed by atoms with E-state index in [0.29, 0.717) is 6.10 Å². The van der Waals surface area contributed by atoms with Gasteiger partial charge in [-0.1, -0.05) is 0 Å². The first-order valence-electron chi connectivity index (χ1n) is 6.57. The molecule has 4 heteroatoms. The van der Waals surface area contributed by atoms with Crippen LogP contribution >= 0.6 is 0 Å². The van der Waals surface area contributed by atoms with Crippen LogP contribution in [-0.4, -0.2) is 44.1 Å². The molecule has 1 aliphatic heterocycles. The van der Waals surface area contributed by atoms with E-state index in [-0.39, 0.29) is 5.78 Å². The lowest BCUT2D eigenvalue weighted by Gasteiger charge is -2.18. The summed E-state index contributed by atoms with van der Waals surface area (Å²) in [7, 11) is 3.42. The number of nitrogens with zero attached hydrogens (tertiary/aromatic N) is 1. The third-order valence-corrected chi connectivity index (χ3v) is 3.64. The van der Waals surface area contributed by atoms with Crippen molar-refractivity contribution in [2.75, 3.05) is 27.3 Å². The van der Waals surface area contributed by atoms with Crippen LogP contribution < -0.4 is 4.74 Å². The molecular formula is C15H21NO3. The Kier molecular flexibility index (Phi) is 4.56. The molecule has 0 spiro atoms. The number of Topliss-reactive ketones (excluding diaryl/α,β-unsaturated/α-hetero) is 1. The van der Waals surface area contributed by atoms with Gasteiger partial charge in [-0.05, 0) is 31.5 Å². The number of ether oxygens (including phenoxy) is 2. The minimum absolute atomic E-state index is 0.0834. The van der Waals surface area contributed by atoms with Gasteiger partial charge < -0.3 is 9.47 Å². The van der Waals surface area contributed by atoms with Crippen LogP contribution in [-0.2, 0) is 11.3 Å². The van der Waals surface area contributed by atoms with Gasteiger partial charge in [0, 0.05) is 37.9 Å². The van der Waals surface area contributed by atoms with Crippen molar-refractivity contribution < 1.29 is 14.3 Å². The second-order valence-electron chi connectivity index (χ2n) is 4.96. The highest BCUT2D eigenvalue weighted by Gasteiger charge is 2.23. The van der Waals surface area contributed by atoms with E-state index in [4.69, 9.17) is 9.47 Å². The standard InChI is InChI=1S/C15H21NO3/c1-11(17)12-4-5-15(19-3)13(8-12)9-16-7-6-14(10-16)18-2/h4-5,8,14H,6-7,9-10H2,1-3H3. The SMILES string of the molecule is COc1ccc(C(C)=O)cc1CN1CCC(OC)C1. The molecule has 1 aromatic rings. The minimum Gasteiger partial charge on any atom is -0.496 e. The number of hydrogen-bond acceptors (Lipinski definition) is 4. The van der Waals surface area contributed by atoms with E-state index in [1.165, 1.54) is 0 Å². The zero-order valence-corrected chi connectivity index (χ0v) is 11.8. The molecule has 1 atom stereocenters. The fraction of sp³-hybridized carbons (Fsp3) is 0.533. The smallest absolute Gasteiger partial charge is 0.159 e. The Hall–Kier alpha value is -1.39. The third-order valence-electron chi connectivity index (χ3n) is 3.64. The maximum atomic E-state index is 11.5. The van der Waals surface area contributed by atoms with Crippen molar-refractivity contribution in [3.63, 3.8) is 0 Å². The van der Waals surface area contributed by atoms with Gasteiger partial charge >= 0.3 is 0 Å². The Morgan fingerprint density at radius 1 is 1.42 bits per heavy atom. The van der Waals surface area contributed by atoms with Gasteiger partial charge in [-0.2, -0.15) is 0 Å². The van der Waals surface area contributed by atoms with Crippen LogP contribution in [0.4, 0.5) is 0 Å². The molecule has 0 bridgehead atoms. The van der Waals surface area contributed by atoms with Crippen LogP contribution in [0.15, 0.2) is 18.2 Å². The molecule has 4 nitrogen and oxygen atoms in total. The second-order valence-corrected chi connectivity index (χ2v) is 4.96. The molecule has 1 unspecified atom stereocenters. The van der Waals surface area contributed by atoms with Crippen LogP contribution in [0.2, 0.25) is 0 Å². The predicted molar refractivity (Wildman–Crippen MR) is 73.7 cm³/mol. The Morgan fingerprint density at radius 2 is 2.21 bits per heavy atom. The summed E-state index contributed by atoms with van der Waals surface area (Å²) in [6.07, 6.45) is 1.38. The summed E-state index contributed by atoms with van der Waals surface area (Å²) in [5.74, 6) is 0.922. The van der Waals surface area contributed by atoms with Crippen molar-refractivity contribution in [3.8, 4) is 5.75 Å². The average molecular weight is 263 g/mol. The summed E-state index contributed by atoms with van der Waals surface area (Å²) in [6, 6.07) is 5.61. The van der Waals surface area contributed by atoms with Gasteiger partial charge in [0.1, 0.15) is 5.75 Å². The van der Waals surface area contributed by atoms with Gasteiger partial charge in [0.2, 0.25) is 0 Å². The Balaban J connectivity index is 2.14. The molecule has 0 radical (unpaired) electrons. The highest BCUT2D eigenvalue weighted by atomic mass is 16.5. The van der Waals surface area contributed by atoms with Crippen LogP contribution in [0.25, 0.3) is 0 Å². The molecule has 0 N–H and O–H groups in total. The Labute approximate surface area is 114 Å². The first-order chi connectivity index (χ1) is 9.13. The van der Waals surface area contributed by atoms with Crippen LogP contribution in [0, 0.1) is 0 Å². The highest BCUT2D eigenvalue weighted by molar-refractivity contribution is 5.94. The van der Waals surface area contributed by atoms with Crippen LogP contribution in [0.1, 0.15) is 29.3 Å². The lowest BCUT2D eigenvalue weighted by Crippen LogP contribution is -2.22. The maximum absolute atomic E-state index is 11.5. The Morgan fingerprint density at radius 3 is 2.79 bits per heavy atom. The van der Waals surface area contributed by atoms with E-state index in [1.54, 1.807) is 21.1 Å². The number of hydrogen-bond donors (Lipinski definition) is 0. The number of benzene rings is 1. The van der Waals surface area contributed by atoms with E-state index in [0.717, 1.165) is 42.9 Å². The molecule has 1 aromatic carbocycles. The van der Waals surface area contributed by atoms with Crippen molar-refractivity contribution in [1.29, 1.82) is 0 Å². The number of carbonyl (C=O) groups is 1. The van der Waals surface area contributed by atoms with Crippen molar-refractivity contribution in [2.24, 2.45) is 0 Å². The summed E-state index contributed by atoms with van der Waals surface area (Å²) >= 11 is 0. The zero-order valence-electron chi connectivity index (χ0n) is 11.8. The van der Waals surface area contributed by atoms with Gasteiger partial charge in [0.25, 0.3) is 0 Å². The van der Waals surface area contributed by atoms with Crippen LogP contribution in [0.5, 0.6) is 5.75 Å². The average Bonchev–Trinajstić information content (AvgIpc) is 2.86. The largest absolute Gasteiger partial charge is 0.496 e. The number of carbonyl (C=O) groups excluding carboxylic acids is 1. The topological polar surface area (TPSA) is 38.8 Å². The van der Waals surface area contributed by atoms with Gasteiger partial charge in [-0.3, -0.25) is 9.69 Å². The predicted octanol–water partition coefficient (Wildman–Crippen LogP) is 2.12. The van der Waals surface area contributed by atoms with Crippen molar-refractivity contribution in [3.05, 3.63) is 29.3 Å². The van der Waals surface area contributed by atoms with Gasteiger partial charge in [-0.25, -0.2) is 0 Å². The van der Waals surface area contributed by atoms with Gasteiger partial charge in [0.15, 0.2) is 5.78 Å². The normalized spacial score (nSPS) is 19.6. The molecule has 1 fully saturated rings. The van der Waals surface area contributed by atoms with Gasteiger partial charge in [-0.15, -0.1) is 0 Å². The first-order valence-corrected chi connectivity index (χ1v) is 6.57. The van der Waals surface area contributed by atoms with E-state index in [1.807, 2.05) is 18.2 Å². The van der Waals surface area contributed by atoms with Crippen molar-refractivity contribution in [1.82, 2.24) is 4.90 Å². The second kappa shape index (κ2) is 6.17. The summed E-state index contributed by atoms with van der Waals surface area (Å²) in [6.45, 7) is 4.34. The molecule has 1 heterocycles. The molecule has 2 rings (SSSR count). The van der Waals surface area contributed by atoms with Gasteiger partial charge in [0.05, 0.1) is 13.2 Å². The molecule has 0 aromatic heterocycles. The summed E-state index contributed by atoms with van der Waals surface area (Å²) < 4.78 is 10.7. The van der Waals surface area contributed by atoms with E-state index < -0.39 is 0 Å². The van der Waals surface area contributed by atoms with Crippen molar-refractivity contribution in [2.45, 2.75) is 26.0 Å². The van der Waals surface area contributed by atoms with E-state index in [9.17, 15) is 4.79 Å². The molecule has 19 heavy (non-hydrogen) atoms. The monoisotopic (exact) mass is 263 g/mol. The minimum atomic E-state index is 0.0834. The summed E-state index contributed by atoms with van der Waals surface area (Å²) in [4.78, 5) is 13.8. The van der Waals surface area contributed by atoms with E-state index >= 15 is 0 Å². The summed E-state index contributed by atoms with van der Waals surface area (Å²) in [5.41, 5.74) is 1.80. The molecule has 1 aliphatic rings. The lowest BCUT2D eigenvalue weighted by molar-refractivity contribution is 0.101.